The first-order valence-corrected chi connectivity index (χ1v) is 4.10. The van der Waals surface area contributed by atoms with Gasteiger partial charge in [-0.1, -0.05) is 30.3 Å². The molecule has 0 aliphatic carbocycles. The molecule has 7 nitrogen and oxygen atoms in total. The molecule has 1 rings (SSSR count). The Morgan fingerprint density at radius 3 is 1.88 bits per heavy atom. The Morgan fingerprint density at radius 1 is 1.12 bits per heavy atom. The van der Waals surface area contributed by atoms with E-state index in [0.717, 1.165) is 12.1 Å². The standard InChI is InChI=1S/C9H7NO6/c11-7(12)9(8(13)14,10(15)16)6-4-2-1-3-5-6/h1-5H,(H,11,12)(H,13,14). The van der Waals surface area contributed by atoms with Gasteiger partial charge in [0.2, 0.25) is 0 Å². The van der Waals surface area contributed by atoms with Crippen molar-refractivity contribution in [1.29, 1.82) is 0 Å². The highest BCUT2D eigenvalue weighted by molar-refractivity contribution is 6.02. The third-order valence-corrected chi connectivity index (χ3v) is 2.08. The minimum atomic E-state index is -3.15. The Morgan fingerprint density at radius 2 is 1.56 bits per heavy atom. The molecule has 0 atom stereocenters. The quantitative estimate of drug-likeness (QED) is 0.433. The smallest absolute Gasteiger partial charge is 0.435 e. The van der Waals surface area contributed by atoms with Gasteiger partial charge in [0, 0.05) is 0 Å². The van der Waals surface area contributed by atoms with Gasteiger partial charge in [0.15, 0.2) is 0 Å². The lowest BCUT2D eigenvalue weighted by Gasteiger charge is -2.16. The second kappa shape index (κ2) is 3.97. The first-order valence-electron chi connectivity index (χ1n) is 4.10. The SMILES string of the molecule is O=C(O)C(C(=O)O)(c1ccccc1)[N+](=O)[O-]. The zero-order valence-corrected chi connectivity index (χ0v) is 7.86. The molecule has 0 aromatic heterocycles. The van der Waals surface area contributed by atoms with Gasteiger partial charge >= 0.3 is 17.5 Å². The molecule has 1 aromatic carbocycles. The summed E-state index contributed by atoms with van der Waals surface area (Å²) in [5, 5.41) is 28.3. The first-order chi connectivity index (χ1) is 7.44. The van der Waals surface area contributed by atoms with E-state index < -0.39 is 28.0 Å². The van der Waals surface area contributed by atoms with Crippen LogP contribution in [-0.2, 0) is 15.1 Å². The normalized spacial score (nSPS) is 10.8. The number of carboxylic acid groups (broad SMARTS) is 2. The molecule has 0 saturated heterocycles. The van der Waals surface area contributed by atoms with Crippen LogP contribution in [0.3, 0.4) is 0 Å². The average molecular weight is 225 g/mol. The number of rotatable bonds is 4. The Kier molecular flexibility index (Phi) is 2.89. The van der Waals surface area contributed by atoms with Crippen molar-refractivity contribution in [2.24, 2.45) is 0 Å². The van der Waals surface area contributed by atoms with E-state index in [-0.39, 0.29) is 0 Å². The summed E-state index contributed by atoms with van der Waals surface area (Å²) < 4.78 is 0. The van der Waals surface area contributed by atoms with Gasteiger partial charge < -0.3 is 10.2 Å². The number of carboxylic acids is 2. The summed E-state index contributed by atoms with van der Waals surface area (Å²) in [7, 11) is 0. The van der Waals surface area contributed by atoms with Crippen molar-refractivity contribution in [1.82, 2.24) is 0 Å². The van der Waals surface area contributed by atoms with Crippen LogP contribution in [0.25, 0.3) is 0 Å². The summed E-state index contributed by atoms with van der Waals surface area (Å²) in [4.78, 5) is 31.2. The topological polar surface area (TPSA) is 118 Å². The second-order valence-corrected chi connectivity index (χ2v) is 2.94. The van der Waals surface area contributed by atoms with Gasteiger partial charge in [-0.15, -0.1) is 0 Å². The maximum absolute atomic E-state index is 10.9. The van der Waals surface area contributed by atoms with Gasteiger partial charge in [0.25, 0.3) is 0 Å². The number of benzene rings is 1. The van der Waals surface area contributed by atoms with Gasteiger partial charge in [-0.3, -0.25) is 10.1 Å². The van der Waals surface area contributed by atoms with Crippen LogP contribution in [0, 0.1) is 10.1 Å². The minimum absolute atomic E-state index is 0.403. The lowest BCUT2D eigenvalue weighted by Crippen LogP contribution is -2.50. The molecule has 0 heterocycles. The second-order valence-electron chi connectivity index (χ2n) is 2.94. The van der Waals surface area contributed by atoms with E-state index in [1.54, 1.807) is 0 Å². The first kappa shape index (κ1) is 11.6. The van der Waals surface area contributed by atoms with Gasteiger partial charge in [-0.25, -0.2) is 9.59 Å². The van der Waals surface area contributed by atoms with E-state index in [4.69, 9.17) is 10.2 Å². The van der Waals surface area contributed by atoms with Gasteiger partial charge in [0.1, 0.15) is 0 Å². The van der Waals surface area contributed by atoms with E-state index in [0.29, 0.717) is 0 Å². The average Bonchev–Trinajstić information content (AvgIpc) is 2.18. The molecule has 0 fully saturated rings. The number of carbonyl (C=O) groups is 2. The fraction of sp³-hybridized carbons (Fsp3) is 0.111. The van der Waals surface area contributed by atoms with Gasteiger partial charge in [0.05, 0.1) is 10.5 Å². The van der Waals surface area contributed by atoms with Crippen molar-refractivity contribution in [3.05, 3.63) is 46.0 Å². The molecule has 1 aromatic rings. The zero-order chi connectivity index (χ0) is 12.3. The van der Waals surface area contributed by atoms with E-state index in [1.807, 2.05) is 0 Å². The molecule has 0 radical (unpaired) electrons. The molecule has 0 bridgehead atoms. The third-order valence-electron chi connectivity index (χ3n) is 2.08. The van der Waals surface area contributed by atoms with E-state index in [9.17, 15) is 19.7 Å². The van der Waals surface area contributed by atoms with Gasteiger partial charge in [-0.2, -0.15) is 0 Å². The van der Waals surface area contributed by atoms with Crippen LogP contribution in [0.15, 0.2) is 30.3 Å². The molecule has 0 aliphatic rings. The Balaban J connectivity index is 3.52. The van der Waals surface area contributed by atoms with E-state index in [2.05, 4.69) is 0 Å². The fourth-order valence-electron chi connectivity index (χ4n) is 1.28. The Labute approximate surface area is 89.1 Å². The van der Waals surface area contributed by atoms with Crippen LogP contribution in [0.1, 0.15) is 5.56 Å². The third kappa shape index (κ3) is 1.48. The highest BCUT2D eigenvalue weighted by atomic mass is 16.6. The fourth-order valence-corrected chi connectivity index (χ4v) is 1.28. The van der Waals surface area contributed by atoms with Crippen LogP contribution in [0.4, 0.5) is 0 Å². The molecule has 84 valence electrons. The van der Waals surface area contributed by atoms with Crippen LogP contribution in [0.2, 0.25) is 0 Å². The summed E-state index contributed by atoms with van der Waals surface area (Å²) in [6, 6.07) is 6.34. The monoisotopic (exact) mass is 225 g/mol. The van der Waals surface area contributed by atoms with Crippen molar-refractivity contribution in [3.8, 4) is 0 Å². The van der Waals surface area contributed by atoms with Gasteiger partial charge in [-0.05, 0) is 0 Å². The number of hydrogen-bond acceptors (Lipinski definition) is 4. The van der Waals surface area contributed by atoms with Crippen molar-refractivity contribution in [3.63, 3.8) is 0 Å². The van der Waals surface area contributed by atoms with Crippen molar-refractivity contribution >= 4 is 11.9 Å². The lowest BCUT2D eigenvalue weighted by molar-refractivity contribution is -0.549. The molecule has 0 unspecified atom stereocenters. The van der Waals surface area contributed by atoms with E-state index >= 15 is 0 Å². The lowest BCUT2D eigenvalue weighted by atomic mass is 9.91. The number of aliphatic carboxylic acids is 2. The molecule has 7 heteroatoms. The summed E-state index contributed by atoms with van der Waals surface area (Å²) in [6.45, 7) is 0. The Bertz CT molecular complexity index is 405. The van der Waals surface area contributed by atoms with Crippen LogP contribution >= 0.6 is 0 Å². The molecular formula is C9H7NO6. The zero-order valence-electron chi connectivity index (χ0n) is 7.86. The predicted molar refractivity (Wildman–Crippen MR) is 50.4 cm³/mol. The predicted octanol–water partition coefficient (Wildman–Crippen LogP) is 0.328. The molecular weight excluding hydrogens is 218 g/mol. The van der Waals surface area contributed by atoms with Crippen LogP contribution in [-0.4, -0.2) is 27.1 Å². The summed E-state index contributed by atoms with van der Waals surface area (Å²) in [5.74, 6) is -4.06. The van der Waals surface area contributed by atoms with Crippen molar-refractivity contribution in [2.75, 3.05) is 0 Å². The van der Waals surface area contributed by atoms with E-state index in [1.165, 1.54) is 18.2 Å². The Hall–Kier alpha value is -2.44. The highest BCUT2D eigenvalue weighted by Crippen LogP contribution is 2.25. The molecule has 0 amide bonds. The molecule has 0 saturated carbocycles. The van der Waals surface area contributed by atoms with Crippen molar-refractivity contribution < 1.29 is 24.7 Å². The molecule has 16 heavy (non-hydrogen) atoms. The maximum Gasteiger partial charge on any atom is 0.435 e. The summed E-state index contributed by atoms with van der Waals surface area (Å²) in [5.41, 5.74) is -3.55. The highest BCUT2D eigenvalue weighted by Gasteiger charge is 2.61. The van der Waals surface area contributed by atoms with Crippen LogP contribution in [0.5, 0.6) is 0 Å². The number of hydrogen-bond donors (Lipinski definition) is 2. The minimum Gasteiger partial charge on any atom is -0.475 e. The summed E-state index contributed by atoms with van der Waals surface area (Å²) in [6.07, 6.45) is 0. The van der Waals surface area contributed by atoms with Crippen LogP contribution < -0.4 is 0 Å². The molecule has 2 N–H and O–H groups in total. The maximum atomic E-state index is 10.9. The molecule has 0 aliphatic heterocycles. The summed E-state index contributed by atoms with van der Waals surface area (Å²) >= 11 is 0. The largest absolute Gasteiger partial charge is 0.475 e. The number of nitrogens with zero attached hydrogens (tertiary/aromatic N) is 1. The molecule has 0 spiro atoms. The number of nitro groups is 1. The van der Waals surface area contributed by atoms with Crippen molar-refractivity contribution in [2.45, 2.75) is 5.54 Å².